The van der Waals surface area contributed by atoms with E-state index in [4.69, 9.17) is 12.8 Å². The third-order valence-corrected chi connectivity index (χ3v) is 5.81. The van der Waals surface area contributed by atoms with Crippen LogP contribution in [0.2, 0.25) is 0 Å². The second-order valence-corrected chi connectivity index (χ2v) is 8.93. The maximum Gasteiger partial charge on any atom is 0.573 e. The Morgan fingerprint density at radius 2 is 1.48 bits per heavy atom. The molecule has 0 saturated carbocycles. The second kappa shape index (κ2) is 12.0. The fraction of sp³-hybridized carbons (Fsp3) is 0.143. The number of aryl methyl sites for hydroxylation is 2. The Kier molecular flexibility index (Phi) is 8.66. The van der Waals surface area contributed by atoms with E-state index < -0.39 is 35.6 Å². The minimum atomic E-state index is -4.85. The number of alkyl halides is 6. The molecule has 218 valence electrons. The SMILES string of the molecule is Cc1cccc(-c2ccc(-n3ccc(C(F)(F)F)n3)c(-c3nc(C)oc3-c3ccc(OC(F)(F)F)cc3)c2)c1.O=S=O. The molecule has 0 fully saturated rings. The van der Waals surface area contributed by atoms with Crippen LogP contribution in [0.15, 0.2) is 83.4 Å². The molecule has 14 heteroatoms. The van der Waals surface area contributed by atoms with Crippen molar-refractivity contribution < 1.29 is 43.9 Å². The van der Waals surface area contributed by atoms with Crippen molar-refractivity contribution in [1.29, 1.82) is 0 Å². The van der Waals surface area contributed by atoms with Crippen molar-refractivity contribution in [3.8, 4) is 45.1 Å². The summed E-state index contributed by atoms with van der Waals surface area (Å²) < 4.78 is 105. The van der Waals surface area contributed by atoms with Crippen LogP contribution >= 0.6 is 0 Å². The first kappa shape index (κ1) is 30.2. The number of oxazole rings is 1. The van der Waals surface area contributed by atoms with E-state index in [-0.39, 0.29) is 17.3 Å². The minimum absolute atomic E-state index is 0.219. The number of hydrogen-bond acceptors (Lipinski definition) is 6. The number of benzene rings is 3. The van der Waals surface area contributed by atoms with Crippen molar-refractivity contribution in [1.82, 2.24) is 14.8 Å². The quantitative estimate of drug-likeness (QED) is 0.190. The molecule has 0 spiro atoms. The Morgan fingerprint density at radius 1 is 0.833 bits per heavy atom. The zero-order valence-electron chi connectivity index (χ0n) is 21.7. The van der Waals surface area contributed by atoms with Crippen LogP contribution in [0.1, 0.15) is 17.1 Å². The van der Waals surface area contributed by atoms with Gasteiger partial charge >= 0.3 is 24.1 Å². The molecule has 0 amide bonds. The summed E-state index contributed by atoms with van der Waals surface area (Å²) >= 11 is -0.750. The summed E-state index contributed by atoms with van der Waals surface area (Å²) in [6.07, 6.45) is -8.29. The highest BCUT2D eigenvalue weighted by Crippen LogP contribution is 2.39. The number of aromatic nitrogens is 3. The van der Waals surface area contributed by atoms with E-state index >= 15 is 0 Å². The Morgan fingerprint density at radius 3 is 2.07 bits per heavy atom. The molecule has 0 atom stereocenters. The van der Waals surface area contributed by atoms with Gasteiger partial charge in [-0.1, -0.05) is 35.9 Å². The van der Waals surface area contributed by atoms with Crippen molar-refractivity contribution in [3.63, 3.8) is 0 Å². The standard InChI is InChI=1S/C28H19F6N3O2.O2S/c1-16-4-3-5-19(14-16)20-8-11-23(37-13-12-24(36-37)27(29,30)31)22(15-20)25-26(38-17(2)35-25)18-6-9-21(10-7-18)39-28(32,33)34;1-3-2/h3-15H,1-2H3;. The first-order valence-electron chi connectivity index (χ1n) is 11.9. The molecular weight excluding hydrogens is 588 g/mol. The van der Waals surface area contributed by atoms with Gasteiger partial charge in [0.1, 0.15) is 11.4 Å². The van der Waals surface area contributed by atoms with E-state index in [1.807, 2.05) is 31.2 Å². The Labute approximate surface area is 238 Å². The number of nitrogens with zero attached hydrogens (tertiary/aromatic N) is 3. The molecule has 2 heterocycles. The summed E-state index contributed by atoms with van der Waals surface area (Å²) in [5.74, 6) is 0.0540. The number of halogens is 6. The van der Waals surface area contributed by atoms with Gasteiger partial charge in [0.05, 0.1) is 5.69 Å². The monoisotopic (exact) mass is 607 g/mol. The molecule has 5 aromatic rings. The zero-order chi connectivity index (χ0) is 30.7. The van der Waals surface area contributed by atoms with E-state index in [0.717, 1.165) is 39.6 Å². The van der Waals surface area contributed by atoms with Crippen LogP contribution in [0.5, 0.6) is 5.75 Å². The molecule has 0 N–H and O–H groups in total. The highest BCUT2D eigenvalue weighted by molar-refractivity contribution is 7.51. The smallest absolute Gasteiger partial charge is 0.440 e. The van der Waals surface area contributed by atoms with Gasteiger partial charge in [0.15, 0.2) is 17.3 Å². The van der Waals surface area contributed by atoms with Gasteiger partial charge in [-0.2, -0.15) is 26.7 Å². The molecule has 0 aliphatic rings. The van der Waals surface area contributed by atoms with Crippen LogP contribution < -0.4 is 4.74 Å². The summed E-state index contributed by atoms with van der Waals surface area (Å²) in [5, 5.41) is 3.72. The number of ether oxygens (including phenoxy) is 1. The largest absolute Gasteiger partial charge is 0.573 e. The Bertz CT molecular complexity index is 1740. The van der Waals surface area contributed by atoms with Crippen LogP contribution in [0, 0.1) is 13.8 Å². The Hall–Kier alpha value is -4.72. The van der Waals surface area contributed by atoms with Crippen molar-refractivity contribution >= 4 is 11.6 Å². The van der Waals surface area contributed by atoms with E-state index in [1.54, 1.807) is 25.1 Å². The summed E-state index contributed by atoms with van der Waals surface area (Å²) in [4.78, 5) is 4.49. The molecule has 7 nitrogen and oxygen atoms in total. The molecule has 2 aromatic heterocycles. The van der Waals surface area contributed by atoms with Crippen molar-refractivity contribution in [2.45, 2.75) is 26.4 Å². The molecular formula is C28H19F6N3O4S. The van der Waals surface area contributed by atoms with Crippen LogP contribution in [0.3, 0.4) is 0 Å². The molecule has 0 aliphatic heterocycles. The summed E-state index contributed by atoms with van der Waals surface area (Å²) in [7, 11) is 0. The van der Waals surface area contributed by atoms with E-state index in [0.29, 0.717) is 16.8 Å². The average Bonchev–Trinajstić information content (AvgIpc) is 3.56. The van der Waals surface area contributed by atoms with E-state index in [9.17, 15) is 26.3 Å². The predicted molar refractivity (Wildman–Crippen MR) is 140 cm³/mol. The van der Waals surface area contributed by atoms with Crippen molar-refractivity contribution in [2.24, 2.45) is 0 Å². The fourth-order valence-corrected chi connectivity index (χ4v) is 4.15. The van der Waals surface area contributed by atoms with Gasteiger partial charge in [-0.05, 0) is 60.5 Å². The Balaban J connectivity index is 0.00000129. The molecule has 0 bridgehead atoms. The first-order chi connectivity index (χ1) is 19.8. The summed E-state index contributed by atoms with van der Waals surface area (Å²) in [6, 6.07) is 18.7. The molecule has 0 saturated heterocycles. The van der Waals surface area contributed by atoms with Crippen molar-refractivity contribution in [3.05, 3.63) is 96.1 Å². The lowest BCUT2D eigenvalue weighted by molar-refractivity contribution is -0.274. The van der Waals surface area contributed by atoms with Crippen LogP contribution in [0.25, 0.3) is 39.4 Å². The van der Waals surface area contributed by atoms with Crippen LogP contribution in [0.4, 0.5) is 26.3 Å². The van der Waals surface area contributed by atoms with Gasteiger partial charge in [-0.3, -0.25) is 0 Å². The maximum absolute atomic E-state index is 13.3. The second-order valence-electron chi connectivity index (χ2n) is 8.80. The van der Waals surface area contributed by atoms with Gasteiger partial charge in [-0.15, -0.1) is 13.2 Å². The molecule has 42 heavy (non-hydrogen) atoms. The van der Waals surface area contributed by atoms with Gasteiger partial charge in [0, 0.05) is 24.2 Å². The molecule has 5 rings (SSSR count). The third kappa shape index (κ3) is 7.13. The first-order valence-corrected chi connectivity index (χ1v) is 12.6. The van der Waals surface area contributed by atoms with Gasteiger partial charge in [-0.25, -0.2) is 9.67 Å². The fourth-order valence-electron chi connectivity index (χ4n) is 4.15. The maximum atomic E-state index is 13.3. The van der Waals surface area contributed by atoms with Crippen molar-refractivity contribution in [2.75, 3.05) is 0 Å². The number of hydrogen-bond donors (Lipinski definition) is 0. The molecule has 0 radical (unpaired) electrons. The minimum Gasteiger partial charge on any atom is -0.440 e. The zero-order valence-corrected chi connectivity index (χ0v) is 22.5. The van der Waals surface area contributed by atoms with Gasteiger partial charge in [0.2, 0.25) is 0 Å². The van der Waals surface area contributed by atoms with Crippen LogP contribution in [-0.4, -0.2) is 29.5 Å². The van der Waals surface area contributed by atoms with Gasteiger partial charge < -0.3 is 9.15 Å². The molecule has 0 unspecified atom stereocenters. The predicted octanol–water partition coefficient (Wildman–Crippen LogP) is 7.73. The molecule has 0 aliphatic carbocycles. The summed E-state index contributed by atoms with van der Waals surface area (Å²) in [5.41, 5.74) is 2.97. The lowest BCUT2D eigenvalue weighted by Gasteiger charge is -2.13. The highest BCUT2D eigenvalue weighted by atomic mass is 32.1. The lowest BCUT2D eigenvalue weighted by Crippen LogP contribution is -2.16. The van der Waals surface area contributed by atoms with Crippen LogP contribution in [-0.2, 0) is 17.7 Å². The normalized spacial score (nSPS) is 11.5. The topological polar surface area (TPSA) is 87.2 Å². The summed E-state index contributed by atoms with van der Waals surface area (Å²) in [6.45, 7) is 3.53. The van der Waals surface area contributed by atoms with Gasteiger partial charge in [0.25, 0.3) is 0 Å². The van der Waals surface area contributed by atoms with E-state index in [2.05, 4.69) is 14.8 Å². The average molecular weight is 608 g/mol. The number of rotatable bonds is 5. The lowest BCUT2D eigenvalue weighted by atomic mass is 9.97. The third-order valence-electron chi connectivity index (χ3n) is 5.81. The van der Waals surface area contributed by atoms with E-state index in [1.165, 1.54) is 18.3 Å². The highest BCUT2D eigenvalue weighted by Gasteiger charge is 2.34. The molecule has 3 aromatic carbocycles.